The summed E-state index contributed by atoms with van der Waals surface area (Å²) >= 11 is 0. The van der Waals surface area contributed by atoms with Gasteiger partial charge in [0.05, 0.1) is 6.61 Å². The lowest BCUT2D eigenvalue weighted by Crippen LogP contribution is -1.98. The van der Waals surface area contributed by atoms with Gasteiger partial charge in [-0.25, -0.2) is 0 Å². The molecule has 1 heterocycles. The lowest BCUT2D eigenvalue weighted by Gasteiger charge is -2.07. The van der Waals surface area contributed by atoms with Crippen molar-refractivity contribution in [3.05, 3.63) is 59.4 Å². The second-order valence-corrected chi connectivity index (χ2v) is 7.17. The van der Waals surface area contributed by atoms with Gasteiger partial charge in [-0.05, 0) is 61.4 Å². The van der Waals surface area contributed by atoms with Crippen LogP contribution in [0, 0.1) is 0 Å². The van der Waals surface area contributed by atoms with Crippen molar-refractivity contribution >= 4 is 0 Å². The van der Waals surface area contributed by atoms with Gasteiger partial charge in [0.25, 0.3) is 0 Å². The second-order valence-electron chi connectivity index (χ2n) is 7.17. The van der Waals surface area contributed by atoms with Gasteiger partial charge in [0.2, 0.25) is 0 Å². The molecule has 2 aromatic rings. The van der Waals surface area contributed by atoms with E-state index in [0.717, 1.165) is 38.0 Å². The molecule has 0 radical (unpaired) electrons. The average molecular weight is 354 g/mol. The smallest absolute Gasteiger partial charge is 0.119 e. The normalized spacial score (nSPS) is 10.8. The van der Waals surface area contributed by atoms with Crippen molar-refractivity contribution in [1.82, 2.24) is 4.98 Å². The van der Waals surface area contributed by atoms with Crippen LogP contribution in [0.2, 0.25) is 0 Å². The maximum Gasteiger partial charge on any atom is 0.119 e. The third kappa shape index (κ3) is 8.03. The molecule has 0 spiro atoms. The van der Waals surface area contributed by atoms with Gasteiger partial charge in [0.15, 0.2) is 0 Å². The van der Waals surface area contributed by atoms with Gasteiger partial charge in [0.1, 0.15) is 5.75 Å². The van der Waals surface area contributed by atoms with Crippen LogP contribution in [-0.4, -0.2) is 11.6 Å². The Balaban J connectivity index is 1.70. The van der Waals surface area contributed by atoms with Crippen LogP contribution in [0.4, 0.5) is 0 Å². The molecule has 0 saturated heterocycles. The first kappa shape index (κ1) is 20.5. The number of hydrogen-bond acceptors (Lipinski definition) is 2. The predicted molar refractivity (Wildman–Crippen MR) is 111 cm³/mol. The second kappa shape index (κ2) is 12.5. The number of ether oxygens (including phenoxy) is 1. The van der Waals surface area contributed by atoms with Gasteiger partial charge in [0, 0.05) is 11.9 Å². The molecule has 2 nitrogen and oxygen atoms in total. The monoisotopic (exact) mass is 353 g/mol. The Morgan fingerprint density at radius 1 is 0.692 bits per heavy atom. The summed E-state index contributed by atoms with van der Waals surface area (Å²) in [5.74, 6) is 0.982. The number of nitrogens with zero attached hydrogens (tertiary/aromatic N) is 1. The third-order valence-electron chi connectivity index (χ3n) is 4.81. The number of aromatic nitrogens is 1. The molecular formula is C24H35NO. The molecule has 0 saturated carbocycles. The molecule has 0 aliphatic rings. The highest BCUT2D eigenvalue weighted by atomic mass is 16.5. The molecule has 1 aromatic heterocycles. The van der Waals surface area contributed by atoms with Crippen LogP contribution in [0.1, 0.15) is 75.6 Å². The largest absolute Gasteiger partial charge is 0.494 e. The van der Waals surface area contributed by atoms with E-state index in [0.29, 0.717) is 0 Å². The minimum absolute atomic E-state index is 0.821. The quantitative estimate of drug-likeness (QED) is 0.380. The van der Waals surface area contributed by atoms with E-state index in [1.54, 1.807) is 0 Å². The number of unbranched alkanes of at least 4 members (excludes halogenated alkanes) is 5. The van der Waals surface area contributed by atoms with E-state index >= 15 is 0 Å². The summed E-state index contributed by atoms with van der Waals surface area (Å²) in [6, 6.07) is 13.0. The Morgan fingerprint density at radius 3 is 2.12 bits per heavy atom. The van der Waals surface area contributed by atoms with Gasteiger partial charge >= 0.3 is 0 Å². The topological polar surface area (TPSA) is 22.1 Å². The molecule has 0 aliphatic carbocycles. The van der Waals surface area contributed by atoms with Crippen molar-refractivity contribution in [3.63, 3.8) is 0 Å². The lowest BCUT2D eigenvalue weighted by atomic mass is 10.1. The van der Waals surface area contributed by atoms with Crippen LogP contribution in [0.15, 0.2) is 42.6 Å². The minimum Gasteiger partial charge on any atom is -0.494 e. The highest BCUT2D eigenvalue weighted by molar-refractivity contribution is 5.28. The number of pyridine rings is 1. The first-order valence-electron chi connectivity index (χ1n) is 10.5. The molecule has 2 rings (SSSR count). The number of hydrogen-bond donors (Lipinski definition) is 0. The van der Waals surface area contributed by atoms with Crippen LogP contribution in [-0.2, 0) is 19.3 Å². The van der Waals surface area contributed by atoms with E-state index in [1.807, 2.05) is 0 Å². The fourth-order valence-corrected chi connectivity index (χ4v) is 3.07. The van der Waals surface area contributed by atoms with Gasteiger partial charge in [-0.2, -0.15) is 0 Å². The zero-order valence-corrected chi connectivity index (χ0v) is 16.7. The van der Waals surface area contributed by atoms with Crippen molar-refractivity contribution in [2.24, 2.45) is 0 Å². The maximum absolute atomic E-state index is 5.77. The molecule has 26 heavy (non-hydrogen) atoms. The Morgan fingerprint density at radius 2 is 1.42 bits per heavy atom. The molecular weight excluding hydrogens is 318 g/mol. The van der Waals surface area contributed by atoms with Gasteiger partial charge in [-0.15, -0.1) is 0 Å². The van der Waals surface area contributed by atoms with E-state index in [2.05, 4.69) is 61.4 Å². The first-order chi connectivity index (χ1) is 12.8. The molecule has 0 N–H and O–H groups in total. The number of benzene rings is 1. The Hall–Kier alpha value is -1.83. The molecule has 0 amide bonds. The molecule has 2 heteroatoms. The van der Waals surface area contributed by atoms with Crippen LogP contribution < -0.4 is 4.74 Å². The Kier molecular flexibility index (Phi) is 9.86. The van der Waals surface area contributed by atoms with E-state index in [1.165, 1.54) is 55.3 Å². The third-order valence-corrected chi connectivity index (χ3v) is 4.81. The van der Waals surface area contributed by atoms with Crippen molar-refractivity contribution in [3.8, 4) is 5.75 Å². The minimum atomic E-state index is 0.821. The van der Waals surface area contributed by atoms with Gasteiger partial charge < -0.3 is 4.74 Å². The van der Waals surface area contributed by atoms with Gasteiger partial charge in [-0.1, -0.05) is 64.2 Å². The summed E-state index contributed by atoms with van der Waals surface area (Å²) in [7, 11) is 0. The summed E-state index contributed by atoms with van der Waals surface area (Å²) in [6.07, 6.45) is 14.1. The first-order valence-corrected chi connectivity index (χ1v) is 10.5. The highest BCUT2D eigenvalue weighted by Gasteiger charge is 2.00. The SMILES string of the molecule is CCCCCCc1ccc(CCc2ccc(OCCCCC)cc2)nc1. The molecule has 1 aromatic carbocycles. The summed E-state index contributed by atoms with van der Waals surface area (Å²) in [5.41, 5.74) is 3.90. The van der Waals surface area contributed by atoms with Crippen LogP contribution in [0.5, 0.6) is 5.75 Å². The number of aryl methyl sites for hydroxylation is 3. The molecule has 0 atom stereocenters. The summed E-state index contributed by atoms with van der Waals surface area (Å²) in [4.78, 5) is 4.64. The van der Waals surface area contributed by atoms with Crippen LogP contribution >= 0.6 is 0 Å². The highest BCUT2D eigenvalue weighted by Crippen LogP contribution is 2.15. The van der Waals surface area contributed by atoms with Crippen molar-refractivity contribution in [1.29, 1.82) is 0 Å². The van der Waals surface area contributed by atoms with Crippen molar-refractivity contribution in [2.45, 2.75) is 78.1 Å². The average Bonchev–Trinajstić information content (AvgIpc) is 2.69. The van der Waals surface area contributed by atoms with Crippen molar-refractivity contribution in [2.75, 3.05) is 6.61 Å². The molecule has 0 unspecified atom stereocenters. The lowest BCUT2D eigenvalue weighted by molar-refractivity contribution is 0.306. The predicted octanol–water partition coefficient (Wildman–Crippen LogP) is 6.56. The molecule has 0 bridgehead atoms. The molecule has 142 valence electrons. The fourth-order valence-electron chi connectivity index (χ4n) is 3.07. The van der Waals surface area contributed by atoms with E-state index in [9.17, 15) is 0 Å². The fraction of sp³-hybridized carbons (Fsp3) is 0.542. The van der Waals surface area contributed by atoms with Crippen molar-refractivity contribution < 1.29 is 4.74 Å². The summed E-state index contributed by atoms with van der Waals surface area (Å²) in [6.45, 7) is 5.29. The van der Waals surface area contributed by atoms with Gasteiger partial charge in [-0.3, -0.25) is 4.98 Å². The molecule has 0 fully saturated rings. The Bertz CT molecular complexity index is 533. The van der Waals surface area contributed by atoms with Crippen LogP contribution in [0.3, 0.4) is 0 Å². The Labute approximate surface area is 160 Å². The zero-order chi connectivity index (χ0) is 18.5. The van der Waals surface area contributed by atoms with E-state index < -0.39 is 0 Å². The summed E-state index contributed by atoms with van der Waals surface area (Å²) in [5, 5.41) is 0. The van der Waals surface area contributed by atoms with E-state index in [4.69, 9.17) is 4.74 Å². The standard InChI is InChI=1S/C24H35NO/c1-3-5-7-8-10-22-12-16-23(25-20-22)15-11-21-13-17-24(18-14-21)26-19-9-6-4-2/h12-14,16-18,20H,3-11,15,19H2,1-2H3. The molecule has 0 aliphatic heterocycles. The van der Waals surface area contributed by atoms with E-state index in [-0.39, 0.29) is 0 Å². The summed E-state index contributed by atoms with van der Waals surface area (Å²) < 4.78 is 5.77. The number of rotatable bonds is 13. The maximum atomic E-state index is 5.77. The van der Waals surface area contributed by atoms with Crippen LogP contribution in [0.25, 0.3) is 0 Å². The zero-order valence-electron chi connectivity index (χ0n) is 16.7.